The SMILES string of the molecule is COc1ccc(N(c2cccc(C)c2)c2nc(N)nc(Nc3cccc(C)c3)n2)cc1. The molecule has 0 aliphatic heterocycles. The Hall–Kier alpha value is -4.13. The van der Waals surface area contributed by atoms with Crippen molar-refractivity contribution in [3.8, 4) is 5.75 Å². The van der Waals surface area contributed by atoms with Crippen LogP contribution in [0.25, 0.3) is 0 Å². The molecule has 156 valence electrons. The Balaban J connectivity index is 1.79. The predicted octanol–water partition coefficient (Wildman–Crippen LogP) is 5.29. The van der Waals surface area contributed by atoms with Crippen LogP contribution in [0.2, 0.25) is 0 Å². The Labute approximate surface area is 181 Å². The van der Waals surface area contributed by atoms with E-state index in [9.17, 15) is 0 Å². The summed E-state index contributed by atoms with van der Waals surface area (Å²) in [6, 6.07) is 23.8. The molecule has 0 atom stereocenters. The Morgan fingerprint density at radius 1 is 0.806 bits per heavy atom. The monoisotopic (exact) mass is 412 g/mol. The first-order chi connectivity index (χ1) is 15.0. The van der Waals surface area contributed by atoms with Crippen molar-refractivity contribution in [3.05, 3.63) is 83.9 Å². The van der Waals surface area contributed by atoms with E-state index < -0.39 is 0 Å². The lowest BCUT2D eigenvalue weighted by atomic mass is 10.2. The first-order valence-corrected chi connectivity index (χ1v) is 9.88. The quantitative estimate of drug-likeness (QED) is 0.444. The molecule has 3 N–H and O–H groups in total. The number of nitrogen functional groups attached to an aromatic ring is 1. The maximum Gasteiger partial charge on any atom is 0.241 e. The number of rotatable bonds is 6. The standard InChI is InChI=1S/C24H24N6O/c1-16-6-4-8-18(14-16)26-23-27-22(25)28-24(29-23)30(20-9-5-7-17(2)15-20)19-10-12-21(31-3)13-11-19/h4-15H,1-3H3,(H3,25,26,27,28,29). The third-order valence-corrected chi connectivity index (χ3v) is 4.71. The van der Waals surface area contributed by atoms with Crippen LogP contribution >= 0.6 is 0 Å². The number of ether oxygens (including phenoxy) is 1. The number of hydrogen-bond donors (Lipinski definition) is 2. The van der Waals surface area contributed by atoms with Gasteiger partial charge in [0, 0.05) is 17.1 Å². The zero-order valence-corrected chi connectivity index (χ0v) is 17.7. The van der Waals surface area contributed by atoms with Crippen LogP contribution in [0, 0.1) is 13.8 Å². The zero-order chi connectivity index (χ0) is 21.8. The summed E-state index contributed by atoms with van der Waals surface area (Å²) < 4.78 is 5.30. The molecule has 7 nitrogen and oxygen atoms in total. The molecule has 0 fully saturated rings. The molecule has 0 aliphatic rings. The number of aromatic nitrogens is 3. The maximum absolute atomic E-state index is 6.06. The molecule has 0 saturated heterocycles. The highest BCUT2D eigenvalue weighted by molar-refractivity contribution is 5.74. The summed E-state index contributed by atoms with van der Waals surface area (Å²) in [5.41, 5.74) is 11.0. The van der Waals surface area contributed by atoms with Gasteiger partial charge in [-0.2, -0.15) is 15.0 Å². The number of nitrogens with two attached hydrogens (primary N) is 1. The second kappa shape index (κ2) is 8.71. The summed E-state index contributed by atoms with van der Waals surface area (Å²) in [6.07, 6.45) is 0. The molecule has 0 spiro atoms. The Morgan fingerprint density at radius 3 is 2.19 bits per heavy atom. The molecular formula is C24H24N6O. The zero-order valence-electron chi connectivity index (χ0n) is 17.7. The van der Waals surface area contributed by atoms with Gasteiger partial charge in [0.25, 0.3) is 0 Å². The molecule has 0 saturated carbocycles. The largest absolute Gasteiger partial charge is 0.497 e. The molecule has 0 aliphatic carbocycles. The summed E-state index contributed by atoms with van der Waals surface area (Å²) in [7, 11) is 1.64. The van der Waals surface area contributed by atoms with Crippen LogP contribution in [-0.2, 0) is 0 Å². The Morgan fingerprint density at radius 2 is 1.52 bits per heavy atom. The van der Waals surface area contributed by atoms with Crippen LogP contribution in [0.1, 0.15) is 11.1 Å². The van der Waals surface area contributed by atoms with E-state index in [1.165, 1.54) is 0 Å². The highest BCUT2D eigenvalue weighted by Crippen LogP contribution is 2.34. The van der Waals surface area contributed by atoms with Gasteiger partial charge in [-0.25, -0.2) is 0 Å². The predicted molar refractivity (Wildman–Crippen MR) is 125 cm³/mol. The average Bonchev–Trinajstić information content (AvgIpc) is 2.74. The fraction of sp³-hybridized carbons (Fsp3) is 0.125. The summed E-state index contributed by atoms with van der Waals surface area (Å²) in [4.78, 5) is 15.3. The minimum atomic E-state index is 0.131. The lowest BCUT2D eigenvalue weighted by molar-refractivity contribution is 0.415. The molecule has 4 aromatic rings. The number of nitrogens with one attached hydrogen (secondary N) is 1. The molecule has 7 heteroatoms. The van der Waals surface area contributed by atoms with Gasteiger partial charge >= 0.3 is 0 Å². The normalized spacial score (nSPS) is 10.5. The first kappa shape index (κ1) is 20.2. The number of anilines is 6. The highest BCUT2D eigenvalue weighted by Gasteiger charge is 2.18. The molecule has 1 aromatic heterocycles. The van der Waals surface area contributed by atoms with E-state index in [1.807, 2.05) is 85.5 Å². The van der Waals surface area contributed by atoms with Crippen molar-refractivity contribution >= 4 is 34.9 Å². The average molecular weight is 412 g/mol. The van der Waals surface area contributed by atoms with Gasteiger partial charge in [0.05, 0.1) is 7.11 Å². The van der Waals surface area contributed by atoms with Crippen molar-refractivity contribution in [3.63, 3.8) is 0 Å². The third-order valence-electron chi connectivity index (χ3n) is 4.71. The minimum Gasteiger partial charge on any atom is -0.497 e. The maximum atomic E-state index is 6.06. The van der Waals surface area contributed by atoms with E-state index in [4.69, 9.17) is 10.5 Å². The van der Waals surface area contributed by atoms with E-state index in [0.29, 0.717) is 11.9 Å². The van der Waals surface area contributed by atoms with E-state index in [1.54, 1.807) is 7.11 Å². The van der Waals surface area contributed by atoms with Crippen LogP contribution in [0.3, 0.4) is 0 Å². The number of nitrogens with zero attached hydrogens (tertiary/aromatic N) is 4. The van der Waals surface area contributed by atoms with E-state index in [2.05, 4.69) is 26.3 Å². The van der Waals surface area contributed by atoms with E-state index >= 15 is 0 Å². The molecule has 0 unspecified atom stereocenters. The van der Waals surface area contributed by atoms with Crippen LogP contribution in [-0.4, -0.2) is 22.1 Å². The molecule has 4 rings (SSSR count). The smallest absolute Gasteiger partial charge is 0.241 e. The Kier molecular flexibility index (Phi) is 5.66. The number of aryl methyl sites for hydroxylation is 2. The van der Waals surface area contributed by atoms with E-state index in [0.717, 1.165) is 33.9 Å². The van der Waals surface area contributed by atoms with Crippen LogP contribution < -0.4 is 20.7 Å². The van der Waals surface area contributed by atoms with Crippen molar-refractivity contribution in [1.82, 2.24) is 15.0 Å². The van der Waals surface area contributed by atoms with Gasteiger partial charge in [-0.15, -0.1) is 0 Å². The molecule has 3 aromatic carbocycles. The van der Waals surface area contributed by atoms with Crippen LogP contribution in [0.4, 0.5) is 34.9 Å². The van der Waals surface area contributed by atoms with Crippen molar-refractivity contribution in [2.45, 2.75) is 13.8 Å². The first-order valence-electron chi connectivity index (χ1n) is 9.88. The fourth-order valence-electron chi connectivity index (χ4n) is 3.27. The number of hydrogen-bond acceptors (Lipinski definition) is 7. The summed E-state index contributed by atoms with van der Waals surface area (Å²) >= 11 is 0. The molecule has 1 heterocycles. The molecular weight excluding hydrogens is 388 g/mol. The lowest BCUT2D eigenvalue weighted by Crippen LogP contribution is -2.16. The molecule has 0 bridgehead atoms. The van der Waals surface area contributed by atoms with Crippen molar-refractivity contribution in [1.29, 1.82) is 0 Å². The van der Waals surface area contributed by atoms with E-state index in [-0.39, 0.29) is 5.95 Å². The third kappa shape index (κ3) is 4.72. The summed E-state index contributed by atoms with van der Waals surface area (Å²) in [6.45, 7) is 4.07. The van der Waals surface area contributed by atoms with Crippen molar-refractivity contribution < 1.29 is 4.74 Å². The fourth-order valence-corrected chi connectivity index (χ4v) is 3.27. The minimum absolute atomic E-state index is 0.131. The molecule has 0 amide bonds. The second-order valence-electron chi connectivity index (χ2n) is 7.18. The van der Waals surface area contributed by atoms with Crippen molar-refractivity contribution in [2.24, 2.45) is 0 Å². The van der Waals surface area contributed by atoms with Crippen LogP contribution in [0.5, 0.6) is 5.75 Å². The van der Waals surface area contributed by atoms with Gasteiger partial charge in [0.2, 0.25) is 17.8 Å². The summed E-state index contributed by atoms with van der Waals surface area (Å²) in [5, 5.41) is 3.22. The van der Waals surface area contributed by atoms with Gasteiger partial charge in [-0.3, -0.25) is 4.90 Å². The Bertz CT molecular complexity index is 1190. The highest BCUT2D eigenvalue weighted by atomic mass is 16.5. The van der Waals surface area contributed by atoms with Gasteiger partial charge in [-0.1, -0.05) is 24.3 Å². The van der Waals surface area contributed by atoms with Crippen molar-refractivity contribution in [2.75, 3.05) is 23.1 Å². The molecule has 31 heavy (non-hydrogen) atoms. The topological polar surface area (TPSA) is 89.2 Å². The lowest BCUT2D eigenvalue weighted by Gasteiger charge is -2.24. The molecule has 0 radical (unpaired) electrons. The van der Waals surface area contributed by atoms with Gasteiger partial charge in [0.15, 0.2) is 0 Å². The number of methoxy groups -OCH3 is 1. The second-order valence-corrected chi connectivity index (χ2v) is 7.18. The van der Waals surface area contributed by atoms with Crippen LogP contribution in [0.15, 0.2) is 72.8 Å². The van der Waals surface area contributed by atoms with Gasteiger partial charge < -0.3 is 15.8 Å². The number of benzene rings is 3. The summed E-state index contributed by atoms with van der Waals surface area (Å²) in [5.74, 6) is 1.69. The van der Waals surface area contributed by atoms with Gasteiger partial charge in [-0.05, 0) is 73.5 Å². The van der Waals surface area contributed by atoms with Gasteiger partial charge in [0.1, 0.15) is 5.75 Å².